The number of aromatic amines is 1. The number of aromatic nitrogens is 6. The van der Waals surface area contributed by atoms with Gasteiger partial charge in [0.2, 0.25) is 0 Å². The van der Waals surface area contributed by atoms with Gasteiger partial charge in [-0.3, -0.25) is 10.1 Å². The molecule has 3 aromatic heterocycles. The quantitative estimate of drug-likeness (QED) is 0.373. The number of halogens is 3. The minimum Gasteiger partial charge on any atom is -0.465 e. The van der Waals surface area contributed by atoms with E-state index in [0.29, 0.717) is 24.1 Å². The molecule has 0 aliphatic carbocycles. The zero-order valence-electron chi connectivity index (χ0n) is 20.0. The van der Waals surface area contributed by atoms with E-state index in [2.05, 4.69) is 25.5 Å². The fourth-order valence-corrected chi connectivity index (χ4v) is 4.22. The number of fused-ring (bicyclic) bond motifs is 1. The second kappa shape index (κ2) is 9.59. The molecule has 4 rings (SSSR count). The number of aryl methyl sites for hydroxylation is 1. The molecule has 0 radical (unpaired) electrons. The molecule has 190 valence electrons. The maximum atomic E-state index is 12.9. The third-order valence-corrected chi connectivity index (χ3v) is 5.84. The summed E-state index contributed by atoms with van der Waals surface area (Å²) in [6, 6.07) is 7.43. The second-order valence-electron chi connectivity index (χ2n) is 9.57. The lowest BCUT2D eigenvalue weighted by atomic mass is 9.95. The van der Waals surface area contributed by atoms with Crippen molar-refractivity contribution in [3.63, 3.8) is 0 Å². The number of nitrogens with one attached hydrogen (secondary N) is 1. The van der Waals surface area contributed by atoms with Gasteiger partial charge in [-0.1, -0.05) is 11.3 Å². The molecule has 12 heteroatoms. The van der Waals surface area contributed by atoms with Gasteiger partial charge >= 0.3 is 12.3 Å². The van der Waals surface area contributed by atoms with Gasteiger partial charge in [0.05, 0.1) is 29.3 Å². The first-order chi connectivity index (χ1) is 16.9. The summed E-state index contributed by atoms with van der Waals surface area (Å²) >= 11 is 0. The summed E-state index contributed by atoms with van der Waals surface area (Å²) in [4.78, 5) is 17.0. The van der Waals surface area contributed by atoms with Crippen LogP contribution in [0.15, 0.2) is 48.9 Å². The van der Waals surface area contributed by atoms with Crippen LogP contribution in [0.3, 0.4) is 0 Å². The lowest BCUT2D eigenvalue weighted by Crippen LogP contribution is -2.52. The molecule has 0 aliphatic heterocycles. The van der Waals surface area contributed by atoms with E-state index in [1.54, 1.807) is 37.8 Å². The summed E-state index contributed by atoms with van der Waals surface area (Å²) in [6.45, 7) is 5.34. The highest BCUT2D eigenvalue weighted by molar-refractivity contribution is 5.80. The van der Waals surface area contributed by atoms with Crippen molar-refractivity contribution in [1.29, 1.82) is 0 Å². The van der Waals surface area contributed by atoms with Gasteiger partial charge in [-0.15, -0.1) is 5.10 Å². The first kappa shape index (κ1) is 25.1. The molecular weight excluding hydrogens is 475 g/mol. The monoisotopic (exact) mass is 501 g/mol. The lowest BCUT2D eigenvalue weighted by molar-refractivity contribution is -0.141. The number of benzene rings is 1. The van der Waals surface area contributed by atoms with Crippen LogP contribution in [0.4, 0.5) is 18.0 Å². The van der Waals surface area contributed by atoms with E-state index in [1.165, 1.54) is 11.0 Å². The van der Waals surface area contributed by atoms with Crippen LogP contribution in [0.5, 0.6) is 0 Å². The Kier molecular flexibility index (Phi) is 6.70. The number of amides is 1. The molecule has 4 aromatic rings. The van der Waals surface area contributed by atoms with Gasteiger partial charge in [0.15, 0.2) is 0 Å². The summed E-state index contributed by atoms with van der Waals surface area (Å²) in [6.07, 6.45) is 0.0243. The third kappa shape index (κ3) is 5.64. The SMILES string of the molecule is CC(C)(C)N(C(=O)O)C(CCc1cn(-c2ccc3[nH]ncc3c2)nn1)Cc1ccc(C(F)(F)F)nc1. The Morgan fingerprint density at radius 2 is 1.94 bits per heavy atom. The molecule has 2 N–H and O–H groups in total. The van der Waals surface area contributed by atoms with Gasteiger partial charge in [-0.25, -0.2) is 9.48 Å². The number of hydrogen-bond acceptors (Lipinski definition) is 5. The van der Waals surface area contributed by atoms with Gasteiger partial charge in [0.1, 0.15) is 5.69 Å². The highest BCUT2D eigenvalue weighted by Gasteiger charge is 2.34. The van der Waals surface area contributed by atoms with Crippen molar-refractivity contribution in [2.24, 2.45) is 0 Å². The van der Waals surface area contributed by atoms with Crippen molar-refractivity contribution < 1.29 is 23.1 Å². The van der Waals surface area contributed by atoms with Gasteiger partial charge in [0, 0.05) is 23.2 Å². The molecule has 1 unspecified atom stereocenters. The van der Waals surface area contributed by atoms with E-state index < -0.39 is 29.5 Å². The molecule has 0 aliphatic rings. The normalized spacial score (nSPS) is 13.2. The predicted octanol–water partition coefficient (Wildman–Crippen LogP) is 4.88. The van der Waals surface area contributed by atoms with Crippen LogP contribution < -0.4 is 0 Å². The van der Waals surface area contributed by atoms with Crippen LogP contribution in [0, 0.1) is 0 Å². The number of nitrogens with zero attached hydrogens (tertiary/aromatic N) is 6. The van der Waals surface area contributed by atoms with Crippen LogP contribution in [0.1, 0.15) is 44.1 Å². The molecule has 0 fully saturated rings. The highest BCUT2D eigenvalue weighted by atomic mass is 19.4. The Balaban J connectivity index is 1.53. The van der Waals surface area contributed by atoms with Gasteiger partial charge in [0.25, 0.3) is 0 Å². The molecule has 0 saturated carbocycles. The Morgan fingerprint density at radius 1 is 1.17 bits per heavy atom. The number of carbonyl (C=O) groups is 1. The van der Waals surface area contributed by atoms with Crippen molar-refractivity contribution in [1.82, 2.24) is 35.1 Å². The second-order valence-corrected chi connectivity index (χ2v) is 9.57. The zero-order chi connectivity index (χ0) is 26.1. The van der Waals surface area contributed by atoms with E-state index >= 15 is 0 Å². The van der Waals surface area contributed by atoms with Gasteiger partial charge in [-0.2, -0.15) is 18.3 Å². The third-order valence-electron chi connectivity index (χ3n) is 5.84. The molecule has 3 heterocycles. The fourth-order valence-electron chi connectivity index (χ4n) is 4.22. The van der Waals surface area contributed by atoms with Crippen molar-refractivity contribution in [3.05, 3.63) is 65.9 Å². The van der Waals surface area contributed by atoms with Crippen molar-refractivity contribution in [3.8, 4) is 5.69 Å². The van der Waals surface area contributed by atoms with E-state index in [9.17, 15) is 23.1 Å². The van der Waals surface area contributed by atoms with Crippen LogP contribution in [-0.2, 0) is 19.0 Å². The summed E-state index contributed by atoms with van der Waals surface area (Å²) in [5, 5.41) is 26.2. The molecule has 1 atom stereocenters. The fraction of sp³-hybridized carbons (Fsp3) is 0.375. The number of alkyl halides is 3. The van der Waals surface area contributed by atoms with E-state index in [0.717, 1.165) is 28.9 Å². The molecule has 1 amide bonds. The number of H-pyrrole nitrogens is 1. The topological polar surface area (TPSA) is 113 Å². The van der Waals surface area contributed by atoms with Crippen LogP contribution in [0.2, 0.25) is 0 Å². The van der Waals surface area contributed by atoms with Crippen LogP contribution in [-0.4, -0.2) is 57.9 Å². The van der Waals surface area contributed by atoms with Crippen molar-refractivity contribution in [2.45, 2.75) is 57.8 Å². The predicted molar refractivity (Wildman–Crippen MR) is 126 cm³/mol. The number of pyridine rings is 1. The maximum Gasteiger partial charge on any atom is 0.433 e. The largest absolute Gasteiger partial charge is 0.465 e. The highest BCUT2D eigenvalue weighted by Crippen LogP contribution is 2.28. The van der Waals surface area contributed by atoms with Crippen molar-refractivity contribution in [2.75, 3.05) is 0 Å². The molecule has 1 aromatic carbocycles. The summed E-state index contributed by atoms with van der Waals surface area (Å²) in [5.41, 5.74) is 1.16. The van der Waals surface area contributed by atoms with Crippen LogP contribution >= 0.6 is 0 Å². The Labute approximate surface area is 205 Å². The smallest absolute Gasteiger partial charge is 0.433 e. The van der Waals surface area contributed by atoms with E-state index in [1.807, 2.05) is 18.2 Å². The summed E-state index contributed by atoms with van der Waals surface area (Å²) in [5.74, 6) is 0. The average Bonchev–Trinajstić information content (AvgIpc) is 3.45. The Hall–Kier alpha value is -3.96. The summed E-state index contributed by atoms with van der Waals surface area (Å²) < 4.78 is 40.3. The average molecular weight is 502 g/mol. The van der Waals surface area contributed by atoms with Crippen LogP contribution in [0.25, 0.3) is 16.6 Å². The number of hydrogen-bond donors (Lipinski definition) is 2. The standard InChI is InChI=1S/C24H26F3N7O2/c1-23(2,3)34(22(35)36)19(10-15-4-9-21(28-12-15)24(25,26)27)6-5-17-14-33(32-30-17)18-7-8-20-16(11-18)13-29-31-20/h4,7-9,11-14,19H,5-6,10H2,1-3H3,(H,29,31)(H,35,36). The molecule has 0 saturated heterocycles. The Morgan fingerprint density at radius 3 is 2.58 bits per heavy atom. The van der Waals surface area contributed by atoms with E-state index in [-0.39, 0.29) is 6.42 Å². The minimum atomic E-state index is -4.54. The van der Waals surface area contributed by atoms with Crippen molar-refractivity contribution >= 4 is 17.0 Å². The Bertz CT molecular complexity index is 1340. The molecule has 0 bridgehead atoms. The van der Waals surface area contributed by atoms with Gasteiger partial charge < -0.3 is 10.0 Å². The molecule has 36 heavy (non-hydrogen) atoms. The molecular formula is C24H26F3N7O2. The van der Waals surface area contributed by atoms with E-state index in [4.69, 9.17) is 0 Å². The van der Waals surface area contributed by atoms with Gasteiger partial charge in [-0.05, 0) is 69.9 Å². The maximum absolute atomic E-state index is 12.9. The lowest BCUT2D eigenvalue weighted by Gasteiger charge is -2.40. The first-order valence-corrected chi connectivity index (χ1v) is 11.3. The minimum absolute atomic E-state index is 0.208. The first-order valence-electron chi connectivity index (χ1n) is 11.3. The number of carboxylic acid groups (broad SMARTS) is 1. The number of rotatable bonds is 7. The zero-order valence-corrected chi connectivity index (χ0v) is 20.0. The molecule has 0 spiro atoms. The summed E-state index contributed by atoms with van der Waals surface area (Å²) in [7, 11) is 0. The molecule has 9 nitrogen and oxygen atoms in total.